The monoisotopic (exact) mass is 184 g/mol. The van der Waals surface area contributed by atoms with Crippen LogP contribution in [0.4, 0.5) is 4.39 Å². The predicted molar refractivity (Wildman–Crippen MR) is 44.4 cm³/mol. The van der Waals surface area contributed by atoms with Gasteiger partial charge in [-0.2, -0.15) is 0 Å². The van der Waals surface area contributed by atoms with Crippen molar-refractivity contribution in [2.45, 2.75) is 13.3 Å². The Bertz CT molecular complexity index is 324. The molecule has 70 valence electrons. The molecule has 3 nitrogen and oxygen atoms in total. The average molecular weight is 184 g/mol. The number of hydrogen-bond acceptors (Lipinski definition) is 3. The lowest BCUT2D eigenvalue weighted by molar-refractivity contribution is 0.0987. The zero-order valence-corrected chi connectivity index (χ0v) is 7.04. The van der Waals surface area contributed by atoms with E-state index >= 15 is 0 Å². The van der Waals surface area contributed by atoms with Crippen molar-refractivity contribution in [2.75, 3.05) is 0 Å². The van der Waals surface area contributed by atoms with E-state index in [-0.39, 0.29) is 17.8 Å². The zero-order chi connectivity index (χ0) is 10.0. The Kier molecular flexibility index (Phi) is 2.51. The molecule has 0 heterocycles. The molecule has 0 amide bonds. The number of aromatic hydroxyl groups is 2. The van der Waals surface area contributed by atoms with Gasteiger partial charge >= 0.3 is 0 Å². The number of rotatable bonds is 2. The SMILES string of the molecule is CCC(=O)c1cc(O)c(O)c(F)c1. The van der Waals surface area contributed by atoms with Gasteiger partial charge in [0.05, 0.1) is 0 Å². The van der Waals surface area contributed by atoms with Gasteiger partial charge in [0.25, 0.3) is 0 Å². The first kappa shape index (κ1) is 9.51. The van der Waals surface area contributed by atoms with Crippen LogP contribution in [-0.2, 0) is 0 Å². The average Bonchev–Trinajstić information content (AvgIpc) is 2.12. The molecule has 0 unspecified atom stereocenters. The van der Waals surface area contributed by atoms with Gasteiger partial charge in [0.15, 0.2) is 23.1 Å². The molecule has 1 aromatic carbocycles. The summed E-state index contributed by atoms with van der Waals surface area (Å²) in [5.74, 6) is -2.71. The van der Waals surface area contributed by atoms with Gasteiger partial charge in [0.2, 0.25) is 0 Å². The number of ketones is 1. The Morgan fingerprint density at radius 1 is 1.46 bits per heavy atom. The van der Waals surface area contributed by atoms with Crippen LogP contribution in [0.3, 0.4) is 0 Å². The maximum Gasteiger partial charge on any atom is 0.194 e. The van der Waals surface area contributed by atoms with Gasteiger partial charge in [-0.15, -0.1) is 0 Å². The summed E-state index contributed by atoms with van der Waals surface area (Å²) >= 11 is 0. The van der Waals surface area contributed by atoms with Crippen molar-refractivity contribution >= 4 is 5.78 Å². The second kappa shape index (κ2) is 3.43. The van der Waals surface area contributed by atoms with E-state index in [0.29, 0.717) is 0 Å². The lowest BCUT2D eigenvalue weighted by atomic mass is 10.1. The molecule has 1 aromatic rings. The van der Waals surface area contributed by atoms with Crippen LogP contribution in [0.25, 0.3) is 0 Å². The molecule has 0 aliphatic heterocycles. The molecule has 0 saturated carbocycles. The van der Waals surface area contributed by atoms with E-state index in [2.05, 4.69) is 0 Å². The molecule has 13 heavy (non-hydrogen) atoms. The molecule has 0 atom stereocenters. The van der Waals surface area contributed by atoms with Crippen molar-refractivity contribution in [3.8, 4) is 11.5 Å². The van der Waals surface area contributed by atoms with E-state index in [9.17, 15) is 9.18 Å². The Hall–Kier alpha value is -1.58. The molecule has 0 aromatic heterocycles. The third-order valence-corrected chi connectivity index (χ3v) is 1.69. The van der Waals surface area contributed by atoms with Crippen LogP contribution in [0.5, 0.6) is 11.5 Å². The summed E-state index contributed by atoms with van der Waals surface area (Å²) in [5, 5.41) is 17.8. The Morgan fingerprint density at radius 2 is 2.08 bits per heavy atom. The number of carbonyl (C=O) groups excluding carboxylic acids is 1. The van der Waals surface area contributed by atoms with Crippen LogP contribution >= 0.6 is 0 Å². The van der Waals surface area contributed by atoms with Crippen LogP contribution in [0.15, 0.2) is 12.1 Å². The van der Waals surface area contributed by atoms with Gasteiger partial charge in [-0.1, -0.05) is 6.92 Å². The Labute approximate surface area is 74.4 Å². The number of benzene rings is 1. The first-order valence-corrected chi connectivity index (χ1v) is 3.81. The van der Waals surface area contributed by atoms with Gasteiger partial charge in [0, 0.05) is 12.0 Å². The fourth-order valence-electron chi connectivity index (χ4n) is 0.950. The predicted octanol–water partition coefficient (Wildman–Crippen LogP) is 1.83. The molecule has 0 bridgehead atoms. The summed E-state index contributed by atoms with van der Waals surface area (Å²) < 4.78 is 12.8. The zero-order valence-electron chi connectivity index (χ0n) is 7.04. The fraction of sp³-hybridized carbons (Fsp3) is 0.222. The molecule has 0 aliphatic rings. The van der Waals surface area contributed by atoms with Crippen molar-refractivity contribution < 1.29 is 19.4 Å². The molecular weight excluding hydrogens is 175 g/mol. The van der Waals surface area contributed by atoms with E-state index in [1.807, 2.05) is 0 Å². The molecular formula is C9H9FO3. The molecule has 1 rings (SSSR count). The number of carbonyl (C=O) groups is 1. The number of hydrogen-bond donors (Lipinski definition) is 2. The van der Waals surface area contributed by atoms with Crippen LogP contribution in [-0.4, -0.2) is 16.0 Å². The first-order chi connectivity index (χ1) is 6.06. The highest BCUT2D eigenvalue weighted by Crippen LogP contribution is 2.29. The second-order valence-corrected chi connectivity index (χ2v) is 2.60. The number of Topliss-reactive ketones (excluding diaryl/α,β-unsaturated/α-hetero) is 1. The smallest absolute Gasteiger partial charge is 0.194 e. The number of phenols is 2. The largest absolute Gasteiger partial charge is 0.504 e. The van der Waals surface area contributed by atoms with E-state index in [1.54, 1.807) is 6.92 Å². The van der Waals surface area contributed by atoms with E-state index in [1.165, 1.54) is 0 Å². The highest BCUT2D eigenvalue weighted by Gasteiger charge is 2.12. The third kappa shape index (κ3) is 1.77. The topological polar surface area (TPSA) is 57.5 Å². The van der Waals surface area contributed by atoms with Crippen LogP contribution in [0.2, 0.25) is 0 Å². The standard InChI is InChI=1S/C9H9FO3/c1-2-7(11)5-3-6(10)9(13)8(12)4-5/h3-4,12-13H,2H2,1H3. The normalized spacial score (nSPS) is 10.0. The molecule has 2 N–H and O–H groups in total. The minimum atomic E-state index is -0.989. The van der Waals surface area contributed by atoms with Gasteiger partial charge < -0.3 is 10.2 Å². The Morgan fingerprint density at radius 3 is 2.54 bits per heavy atom. The summed E-state index contributed by atoms with van der Waals surface area (Å²) in [6.07, 6.45) is 0.226. The molecule has 0 saturated heterocycles. The maximum atomic E-state index is 12.8. The molecule has 0 spiro atoms. The fourth-order valence-corrected chi connectivity index (χ4v) is 0.950. The van der Waals surface area contributed by atoms with E-state index < -0.39 is 17.3 Å². The van der Waals surface area contributed by atoms with Crippen molar-refractivity contribution in [1.29, 1.82) is 0 Å². The summed E-state index contributed by atoms with van der Waals surface area (Å²) in [6, 6.07) is 1.95. The highest BCUT2D eigenvalue weighted by atomic mass is 19.1. The lowest BCUT2D eigenvalue weighted by Crippen LogP contribution is -1.97. The van der Waals surface area contributed by atoms with Crippen molar-refractivity contribution in [3.63, 3.8) is 0 Å². The second-order valence-electron chi connectivity index (χ2n) is 2.60. The van der Waals surface area contributed by atoms with Crippen LogP contribution < -0.4 is 0 Å². The molecule has 0 fully saturated rings. The maximum absolute atomic E-state index is 12.8. The number of halogens is 1. The van der Waals surface area contributed by atoms with Gasteiger partial charge in [-0.3, -0.25) is 4.79 Å². The Balaban J connectivity index is 3.20. The highest BCUT2D eigenvalue weighted by molar-refractivity contribution is 5.96. The van der Waals surface area contributed by atoms with Gasteiger partial charge in [-0.05, 0) is 12.1 Å². The summed E-state index contributed by atoms with van der Waals surface area (Å²) in [7, 11) is 0. The van der Waals surface area contributed by atoms with Gasteiger partial charge in [0.1, 0.15) is 0 Å². The summed E-state index contributed by atoms with van der Waals surface area (Å²) in [5.41, 5.74) is 0.0651. The lowest BCUT2D eigenvalue weighted by Gasteiger charge is -2.02. The first-order valence-electron chi connectivity index (χ1n) is 3.81. The summed E-state index contributed by atoms with van der Waals surface area (Å²) in [4.78, 5) is 11.1. The van der Waals surface area contributed by atoms with E-state index in [4.69, 9.17) is 10.2 Å². The summed E-state index contributed by atoms with van der Waals surface area (Å²) in [6.45, 7) is 1.63. The number of phenolic OH excluding ortho intramolecular Hbond substituents is 2. The molecule has 4 heteroatoms. The third-order valence-electron chi connectivity index (χ3n) is 1.69. The molecule has 0 radical (unpaired) electrons. The van der Waals surface area contributed by atoms with Gasteiger partial charge in [-0.25, -0.2) is 4.39 Å². The molecule has 0 aliphatic carbocycles. The van der Waals surface area contributed by atoms with Crippen LogP contribution in [0, 0.1) is 5.82 Å². The van der Waals surface area contributed by atoms with Crippen molar-refractivity contribution in [3.05, 3.63) is 23.5 Å². The van der Waals surface area contributed by atoms with E-state index in [0.717, 1.165) is 12.1 Å². The van der Waals surface area contributed by atoms with Crippen LogP contribution in [0.1, 0.15) is 23.7 Å². The minimum absolute atomic E-state index is 0.0651. The quantitative estimate of drug-likeness (QED) is 0.544. The van der Waals surface area contributed by atoms with Crippen molar-refractivity contribution in [1.82, 2.24) is 0 Å². The van der Waals surface area contributed by atoms with Crippen molar-refractivity contribution in [2.24, 2.45) is 0 Å². The minimum Gasteiger partial charge on any atom is -0.504 e.